The Morgan fingerprint density at radius 1 is 1.12 bits per heavy atom. The van der Waals surface area contributed by atoms with E-state index in [-0.39, 0.29) is 0 Å². The van der Waals surface area contributed by atoms with E-state index in [9.17, 15) is 0 Å². The minimum atomic E-state index is 0.374. The molecular formula is C13H11NO2. The van der Waals surface area contributed by atoms with Crippen molar-refractivity contribution in [3.05, 3.63) is 48.4 Å². The predicted octanol–water partition coefficient (Wildman–Crippen LogP) is 3.15. The molecule has 0 aliphatic heterocycles. The molecule has 2 aromatic heterocycles. The third kappa shape index (κ3) is 1.33. The molecule has 0 aliphatic carbocycles. The van der Waals surface area contributed by atoms with Crippen molar-refractivity contribution in [1.29, 1.82) is 0 Å². The summed E-state index contributed by atoms with van der Waals surface area (Å²) in [5, 5.41) is 1.08. The molecule has 0 unspecified atom stereocenters. The summed E-state index contributed by atoms with van der Waals surface area (Å²) in [6.07, 6.45) is 1.63. The smallest absolute Gasteiger partial charge is 0.138 e. The summed E-state index contributed by atoms with van der Waals surface area (Å²) in [6, 6.07) is 11.8. The van der Waals surface area contributed by atoms with Crippen LogP contribution in [0.2, 0.25) is 0 Å². The van der Waals surface area contributed by atoms with Crippen molar-refractivity contribution >= 4 is 11.0 Å². The lowest BCUT2D eigenvalue weighted by Crippen LogP contribution is -1.95. The number of fused-ring (bicyclic) bond motifs is 1. The topological polar surface area (TPSA) is 52.3 Å². The Bertz CT molecular complexity index is 588. The first-order chi connectivity index (χ1) is 7.88. The SMILES string of the molecule is NCc1occc1-c1cc2ccccc2o1. The summed E-state index contributed by atoms with van der Waals surface area (Å²) in [5.41, 5.74) is 7.40. The molecule has 0 spiro atoms. The molecule has 16 heavy (non-hydrogen) atoms. The van der Waals surface area contributed by atoms with Crippen LogP contribution in [0.15, 0.2) is 51.5 Å². The van der Waals surface area contributed by atoms with Crippen LogP contribution < -0.4 is 5.73 Å². The summed E-state index contributed by atoms with van der Waals surface area (Å²) in [6.45, 7) is 0.374. The Kier molecular flexibility index (Phi) is 2.04. The van der Waals surface area contributed by atoms with Crippen LogP contribution in [-0.4, -0.2) is 0 Å². The molecule has 80 valence electrons. The second-order valence-corrected chi connectivity index (χ2v) is 3.61. The Hall–Kier alpha value is -2.00. The summed E-state index contributed by atoms with van der Waals surface area (Å²) < 4.78 is 11.0. The molecule has 0 fully saturated rings. The Balaban J connectivity index is 2.19. The van der Waals surface area contributed by atoms with Crippen LogP contribution in [0, 0.1) is 0 Å². The normalized spacial score (nSPS) is 11.1. The molecule has 0 radical (unpaired) electrons. The molecular weight excluding hydrogens is 202 g/mol. The molecule has 3 rings (SSSR count). The van der Waals surface area contributed by atoms with Gasteiger partial charge in [0.05, 0.1) is 18.4 Å². The highest BCUT2D eigenvalue weighted by atomic mass is 16.3. The zero-order valence-corrected chi connectivity index (χ0v) is 8.64. The Labute approximate surface area is 92.5 Å². The van der Waals surface area contributed by atoms with E-state index >= 15 is 0 Å². The fourth-order valence-electron chi connectivity index (χ4n) is 1.83. The zero-order chi connectivity index (χ0) is 11.0. The fraction of sp³-hybridized carbons (Fsp3) is 0.0769. The standard InChI is InChI=1S/C13H11NO2/c14-8-13-10(5-6-15-13)12-7-9-3-1-2-4-11(9)16-12/h1-7H,8,14H2. The molecule has 0 atom stereocenters. The van der Waals surface area contributed by atoms with Gasteiger partial charge in [-0.2, -0.15) is 0 Å². The summed E-state index contributed by atoms with van der Waals surface area (Å²) in [4.78, 5) is 0. The highest BCUT2D eigenvalue weighted by Crippen LogP contribution is 2.30. The van der Waals surface area contributed by atoms with Gasteiger partial charge in [0.25, 0.3) is 0 Å². The van der Waals surface area contributed by atoms with Crippen molar-refractivity contribution in [3.63, 3.8) is 0 Å². The van der Waals surface area contributed by atoms with Crippen LogP contribution in [0.5, 0.6) is 0 Å². The van der Waals surface area contributed by atoms with Gasteiger partial charge in [-0.1, -0.05) is 18.2 Å². The second kappa shape index (κ2) is 3.54. The third-order valence-corrected chi connectivity index (χ3v) is 2.62. The van der Waals surface area contributed by atoms with Gasteiger partial charge in [-0.05, 0) is 18.2 Å². The van der Waals surface area contributed by atoms with Gasteiger partial charge in [-0.25, -0.2) is 0 Å². The minimum absolute atomic E-state index is 0.374. The van der Waals surface area contributed by atoms with Gasteiger partial charge in [0, 0.05) is 5.39 Å². The van der Waals surface area contributed by atoms with Crippen LogP contribution in [0.4, 0.5) is 0 Å². The lowest BCUT2D eigenvalue weighted by Gasteiger charge is -1.94. The highest BCUT2D eigenvalue weighted by Gasteiger charge is 2.11. The molecule has 0 aliphatic rings. The number of para-hydroxylation sites is 1. The quantitative estimate of drug-likeness (QED) is 0.711. The third-order valence-electron chi connectivity index (χ3n) is 2.62. The molecule has 0 saturated carbocycles. The first kappa shape index (κ1) is 9.24. The molecule has 3 heteroatoms. The molecule has 2 N–H and O–H groups in total. The first-order valence-electron chi connectivity index (χ1n) is 5.14. The molecule has 0 amide bonds. The van der Waals surface area contributed by atoms with Gasteiger partial charge in [0.2, 0.25) is 0 Å². The van der Waals surface area contributed by atoms with Crippen LogP contribution in [-0.2, 0) is 6.54 Å². The maximum Gasteiger partial charge on any atom is 0.138 e. The van der Waals surface area contributed by atoms with Crippen molar-refractivity contribution in [2.24, 2.45) is 5.73 Å². The lowest BCUT2D eigenvalue weighted by molar-refractivity contribution is 0.511. The number of hydrogen-bond acceptors (Lipinski definition) is 3. The zero-order valence-electron chi connectivity index (χ0n) is 8.64. The van der Waals surface area contributed by atoms with Gasteiger partial charge in [-0.15, -0.1) is 0 Å². The van der Waals surface area contributed by atoms with E-state index in [0.717, 1.165) is 28.1 Å². The van der Waals surface area contributed by atoms with E-state index in [1.807, 2.05) is 36.4 Å². The van der Waals surface area contributed by atoms with E-state index in [2.05, 4.69) is 0 Å². The van der Waals surface area contributed by atoms with Crippen molar-refractivity contribution in [2.75, 3.05) is 0 Å². The molecule has 1 aromatic carbocycles. The monoisotopic (exact) mass is 213 g/mol. The average molecular weight is 213 g/mol. The summed E-state index contributed by atoms with van der Waals surface area (Å²) >= 11 is 0. The van der Waals surface area contributed by atoms with E-state index < -0.39 is 0 Å². The number of furan rings is 2. The second-order valence-electron chi connectivity index (χ2n) is 3.61. The van der Waals surface area contributed by atoms with Crippen molar-refractivity contribution in [1.82, 2.24) is 0 Å². The van der Waals surface area contributed by atoms with E-state index in [0.29, 0.717) is 6.54 Å². The van der Waals surface area contributed by atoms with Gasteiger partial charge in [0.1, 0.15) is 17.1 Å². The van der Waals surface area contributed by atoms with Crippen LogP contribution in [0.25, 0.3) is 22.3 Å². The molecule has 3 aromatic rings. The fourth-order valence-corrected chi connectivity index (χ4v) is 1.83. The van der Waals surface area contributed by atoms with Crippen molar-refractivity contribution < 1.29 is 8.83 Å². The molecule has 0 saturated heterocycles. The highest BCUT2D eigenvalue weighted by molar-refractivity contribution is 5.83. The summed E-state index contributed by atoms with van der Waals surface area (Å²) in [5.74, 6) is 1.55. The van der Waals surface area contributed by atoms with Gasteiger partial charge in [0.15, 0.2) is 0 Å². The first-order valence-corrected chi connectivity index (χ1v) is 5.14. The van der Waals surface area contributed by atoms with Gasteiger partial charge < -0.3 is 14.6 Å². The largest absolute Gasteiger partial charge is 0.467 e. The van der Waals surface area contributed by atoms with Crippen molar-refractivity contribution in [2.45, 2.75) is 6.54 Å². The molecule has 2 heterocycles. The maximum absolute atomic E-state index is 5.74. The summed E-state index contributed by atoms with van der Waals surface area (Å²) in [7, 11) is 0. The number of rotatable bonds is 2. The number of nitrogens with two attached hydrogens (primary N) is 1. The Morgan fingerprint density at radius 3 is 2.81 bits per heavy atom. The molecule has 3 nitrogen and oxygen atoms in total. The van der Waals surface area contributed by atoms with Crippen LogP contribution in [0.3, 0.4) is 0 Å². The van der Waals surface area contributed by atoms with Gasteiger partial charge in [-0.3, -0.25) is 0 Å². The van der Waals surface area contributed by atoms with Crippen LogP contribution >= 0.6 is 0 Å². The number of benzene rings is 1. The lowest BCUT2D eigenvalue weighted by atomic mass is 10.2. The number of hydrogen-bond donors (Lipinski definition) is 1. The minimum Gasteiger partial charge on any atom is -0.467 e. The predicted molar refractivity (Wildman–Crippen MR) is 61.8 cm³/mol. The average Bonchev–Trinajstić information content (AvgIpc) is 2.94. The van der Waals surface area contributed by atoms with E-state index in [4.69, 9.17) is 14.6 Å². The van der Waals surface area contributed by atoms with Crippen LogP contribution in [0.1, 0.15) is 5.76 Å². The van der Waals surface area contributed by atoms with E-state index in [1.165, 1.54) is 0 Å². The Morgan fingerprint density at radius 2 is 2.00 bits per heavy atom. The maximum atomic E-state index is 5.74. The molecule has 0 bridgehead atoms. The van der Waals surface area contributed by atoms with Gasteiger partial charge >= 0.3 is 0 Å². The van der Waals surface area contributed by atoms with E-state index in [1.54, 1.807) is 6.26 Å². The van der Waals surface area contributed by atoms with Crippen molar-refractivity contribution in [3.8, 4) is 11.3 Å².